The Labute approximate surface area is 169 Å². The third-order valence-electron chi connectivity index (χ3n) is 3.90. The number of anilines is 4. The number of hydrogen-bond acceptors (Lipinski definition) is 5. The fourth-order valence-electron chi connectivity index (χ4n) is 2.63. The zero-order valence-electron chi connectivity index (χ0n) is 16.2. The number of hydrogen-bond donors (Lipinski definition) is 3. The van der Waals surface area contributed by atoms with Gasteiger partial charge in [-0.05, 0) is 61.5 Å². The fourth-order valence-corrected chi connectivity index (χ4v) is 2.63. The van der Waals surface area contributed by atoms with Crippen LogP contribution in [-0.2, 0) is 4.79 Å². The Morgan fingerprint density at radius 1 is 0.931 bits per heavy atom. The molecule has 29 heavy (non-hydrogen) atoms. The van der Waals surface area contributed by atoms with Crippen molar-refractivity contribution >= 4 is 34.7 Å². The van der Waals surface area contributed by atoms with E-state index in [1.165, 1.54) is 13.1 Å². The average molecular weight is 390 g/mol. The van der Waals surface area contributed by atoms with Crippen LogP contribution in [0.2, 0.25) is 0 Å². The van der Waals surface area contributed by atoms with E-state index < -0.39 is 0 Å². The van der Waals surface area contributed by atoms with Crippen molar-refractivity contribution in [3.8, 4) is 5.75 Å². The molecular formula is C22H22N4O3. The predicted molar refractivity (Wildman–Crippen MR) is 114 cm³/mol. The van der Waals surface area contributed by atoms with Gasteiger partial charge in [-0.25, -0.2) is 4.98 Å². The fraction of sp³-hybridized carbons (Fsp3) is 0.136. The highest BCUT2D eigenvalue weighted by atomic mass is 16.5. The smallest absolute Gasteiger partial charge is 0.257 e. The molecule has 3 rings (SSSR count). The molecule has 7 nitrogen and oxygen atoms in total. The SMILES string of the molecule is CCOc1ccc(Nc2ccc(C(=O)Nc3cccc(NC(C)=O)c3)cn2)cc1. The predicted octanol–water partition coefficient (Wildman–Crippen LogP) is 4.43. The topological polar surface area (TPSA) is 92.4 Å². The first-order valence-electron chi connectivity index (χ1n) is 9.18. The first-order chi connectivity index (χ1) is 14.0. The molecule has 0 unspecified atom stereocenters. The molecule has 0 saturated heterocycles. The quantitative estimate of drug-likeness (QED) is 0.555. The Hall–Kier alpha value is -3.87. The van der Waals surface area contributed by atoms with Crippen LogP contribution in [0.15, 0.2) is 66.9 Å². The second kappa shape index (κ2) is 9.36. The lowest BCUT2D eigenvalue weighted by Gasteiger charge is -2.09. The van der Waals surface area contributed by atoms with Crippen LogP contribution in [0, 0.1) is 0 Å². The van der Waals surface area contributed by atoms with Crippen LogP contribution in [0.1, 0.15) is 24.2 Å². The van der Waals surface area contributed by atoms with Gasteiger partial charge >= 0.3 is 0 Å². The van der Waals surface area contributed by atoms with Crippen LogP contribution in [0.25, 0.3) is 0 Å². The third kappa shape index (κ3) is 5.80. The molecule has 0 fully saturated rings. The maximum Gasteiger partial charge on any atom is 0.257 e. The summed E-state index contributed by atoms with van der Waals surface area (Å²) in [6.07, 6.45) is 1.50. The summed E-state index contributed by atoms with van der Waals surface area (Å²) in [6.45, 7) is 3.99. The summed E-state index contributed by atoms with van der Waals surface area (Å²) in [6, 6.07) is 17.9. The summed E-state index contributed by atoms with van der Waals surface area (Å²) in [5.41, 5.74) is 2.49. The first kappa shape index (κ1) is 19.9. The number of carbonyl (C=O) groups excluding carboxylic acids is 2. The van der Waals surface area contributed by atoms with Gasteiger partial charge in [0.2, 0.25) is 5.91 Å². The molecular weight excluding hydrogens is 368 g/mol. The monoisotopic (exact) mass is 390 g/mol. The van der Waals surface area contributed by atoms with Crippen molar-refractivity contribution in [1.29, 1.82) is 0 Å². The van der Waals surface area contributed by atoms with Crippen molar-refractivity contribution in [2.24, 2.45) is 0 Å². The lowest BCUT2D eigenvalue weighted by atomic mass is 10.2. The molecule has 2 aromatic carbocycles. The second-order valence-corrected chi connectivity index (χ2v) is 6.23. The summed E-state index contributed by atoms with van der Waals surface area (Å²) < 4.78 is 5.42. The number of aromatic nitrogens is 1. The van der Waals surface area contributed by atoms with Gasteiger partial charge in [-0.15, -0.1) is 0 Å². The van der Waals surface area contributed by atoms with Gasteiger partial charge in [0.25, 0.3) is 5.91 Å². The average Bonchev–Trinajstić information content (AvgIpc) is 2.70. The number of pyridine rings is 1. The molecule has 0 saturated carbocycles. The number of carbonyl (C=O) groups is 2. The summed E-state index contributed by atoms with van der Waals surface area (Å²) in [4.78, 5) is 27.9. The van der Waals surface area contributed by atoms with E-state index in [2.05, 4.69) is 20.9 Å². The molecule has 0 aliphatic carbocycles. The number of nitrogens with one attached hydrogen (secondary N) is 3. The van der Waals surface area contributed by atoms with Crippen molar-refractivity contribution in [2.75, 3.05) is 22.6 Å². The van der Waals surface area contributed by atoms with E-state index in [4.69, 9.17) is 4.74 Å². The van der Waals surface area contributed by atoms with E-state index in [-0.39, 0.29) is 11.8 Å². The standard InChI is InChI=1S/C22H22N4O3/c1-3-29-20-10-8-17(9-11-20)25-21-12-7-16(14-23-21)22(28)26-19-6-4-5-18(13-19)24-15(2)27/h4-14H,3H2,1-2H3,(H,23,25)(H,24,27)(H,26,28). The van der Waals surface area contributed by atoms with E-state index in [0.29, 0.717) is 29.4 Å². The summed E-state index contributed by atoms with van der Waals surface area (Å²) in [7, 11) is 0. The van der Waals surface area contributed by atoms with Crippen LogP contribution in [0.5, 0.6) is 5.75 Å². The molecule has 0 aliphatic heterocycles. The lowest BCUT2D eigenvalue weighted by Crippen LogP contribution is -2.13. The van der Waals surface area contributed by atoms with Gasteiger partial charge in [0, 0.05) is 30.2 Å². The number of benzene rings is 2. The minimum absolute atomic E-state index is 0.173. The van der Waals surface area contributed by atoms with Gasteiger partial charge in [0.1, 0.15) is 11.6 Å². The molecule has 0 radical (unpaired) electrons. The molecule has 0 aliphatic rings. The summed E-state index contributed by atoms with van der Waals surface area (Å²) >= 11 is 0. The van der Waals surface area contributed by atoms with Gasteiger partial charge < -0.3 is 20.7 Å². The highest BCUT2D eigenvalue weighted by Gasteiger charge is 2.08. The molecule has 7 heteroatoms. The summed E-state index contributed by atoms with van der Waals surface area (Å²) in [5.74, 6) is 0.970. The van der Waals surface area contributed by atoms with Crippen molar-refractivity contribution < 1.29 is 14.3 Å². The maximum atomic E-state index is 12.4. The zero-order chi connectivity index (χ0) is 20.6. The van der Waals surface area contributed by atoms with Gasteiger partial charge in [-0.2, -0.15) is 0 Å². The van der Waals surface area contributed by atoms with E-state index in [1.54, 1.807) is 36.4 Å². The number of rotatable bonds is 7. The zero-order valence-corrected chi connectivity index (χ0v) is 16.2. The van der Waals surface area contributed by atoms with Crippen LogP contribution < -0.4 is 20.7 Å². The number of amides is 2. The largest absolute Gasteiger partial charge is 0.494 e. The molecule has 0 atom stereocenters. The van der Waals surface area contributed by atoms with Crippen LogP contribution in [0.4, 0.5) is 22.9 Å². The van der Waals surface area contributed by atoms with E-state index >= 15 is 0 Å². The minimum atomic E-state index is -0.287. The lowest BCUT2D eigenvalue weighted by molar-refractivity contribution is -0.114. The highest BCUT2D eigenvalue weighted by Crippen LogP contribution is 2.20. The number of ether oxygens (including phenoxy) is 1. The maximum absolute atomic E-state index is 12.4. The minimum Gasteiger partial charge on any atom is -0.494 e. The molecule has 0 bridgehead atoms. The van der Waals surface area contributed by atoms with E-state index in [1.807, 2.05) is 31.2 Å². The molecule has 0 spiro atoms. The van der Waals surface area contributed by atoms with E-state index in [9.17, 15) is 9.59 Å². The Balaban J connectivity index is 1.62. The summed E-state index contributed by atoms with van der Waals surface area (Å²) in [5, 5.41) is 8.65. The van der Waals surface area contributed by atoms with Crippen molar-refractivity contribution in [3.63, 3.8) is 0 Å². The number of nitrogens with zero attached hydrogens (tertiary/aromatic N) is 1. The van der Waals surface area contributed by atoms with Gasteiger partial charge in [-0.1, -0.05) is 6.07 Å². The molecule has 3 N–H and O–H groups in total. The van der Waals surface area contributed by atoms with E-state index in [0.717, 1.165) is 11.4 Å². The highest BCUT2D eigenvalue weighted by molar-refractivity contribution is 6.04. The Morgan fingerprint density at radius 2 is 1.66 bits per heavy atom. The van der Waals surface area contributed by atoms with Gasteiger partial charge in [0.15, 0.2) is 0 Å². The van der Waals surface area contributed by atoms with Crippen LogP contribution in [-0.4, -0.2) is 23.4 Å². The van der Waals surface area contributed by atoms with Crippen molar-refractivity contribution in [3.05, 3.63) is 72.4 Å². The second-order valence-electron chi connectivity index (χ2n) is 6.23. The molecule has 1 aromatic heterocycles. The third-order valence-corrected chi connectivity index (χ3v) is 3.90. The van der Waals surface area contributed by atoms with Gasteiger partial charge in [-0.3, -0.25) is 9.59 Å². The normalized spacial score (nSPS) is 10.1. The van der Waals surface area contributed by atoms with Crippen molar-refractivity contribution in [1.82, 2.24) is 4.98 Å². The molecule has 3 aromatic rings. The van der Waals surface area contributed by atoms with Crippen LogP contribution >= 0.6 is 0 Å². The Kier molecular flexibility index (Phi) is 6.42. The Morgan fingerprint density at radius 3 is 2.28 bits per heavy atom. The van der Waals surface area contributed by atoms with Crippen LogP contribution in [0.3, 0.4) is 0 Å². The molecule has 2 amide bonds. The molecule has 148 valence electrons. The van der Waals surface area contributed by atoms with Crippen molar-refractivity contribution in [2.45, 2.75) is 13.8 Å². The first-order valence-corrected chi connectivity index (χ1v) is 9.18. The molecule has 1 heterocycles. The Bertz CT molecular complexity index is 986. The van der Waals surface area contributed by atoms with Gasteiger partial charge in [0.05, 0.1) is 12.2 Å².